The number of aryl methyl sites for hydroxylation is 1. The van der Waals surface area contributed by atoms with Crippen LogP contribution in [0.3, 0.4) is 0 Å². The number of rotatable bonds is 4. The van der Waals surface area contributed by atoms with E-state index in [1.165, 1.54) is 6.20 Å². The number of hydrogen-bond acceptors (Lipinski definition) is 3. The Labute approximate surface area is 99.1 Å². The molecule has 0 aliphatic carbocycles. The van der Waals surface area contributed by atoms with Gasteiger partial charge in [0.1, 0.15) is 5.82 Å². The van der Waals surface area contributed by atoms with Crippen LogP contribution in [0.25, 0.3) is 0 Å². The first kappa shape index (κ1) is 11.2. The minimum Gasteiger partial charge on any atom is -0.397 e. The van der Waals surface area contributed by atoms with Gasteiger partial charge in [-0.3, -0.25) is 4.79 Å². The minimum absolute atomic E-state index is 0.0585. The van der Waals surface area contributed by atoms with Gasteiger partial charge in [0.05, 0.1) is 11.9 Å². The highest BCUT2D eigenvalue weighted by Gasteiger charge is 2.04. The van der Waals surface area contributed by atoms with Crippen molar-refractivity contribution in [1.82, 2.24) is 9.97 Å². The Hall–Kier alpha value is -2.30. The molecule has 0 unspecified atom stereocenters. The molecule has 0 radical (unpaired) electrons. The summed E-state index contributed by atoms with van der Waals surface area (Å²) in [6.45, 7) is 0. The standard InChI is InChI=1S/C12H14N4O/c13-9-3-5-11(15-8-9)16-12(17)6-4-10-2-1-7-14-10/h1-3,5,7-8,14H,4,6,13H2,(H,15,16,17). The van der Waals surface area contributed by atoms with Gasteiger partial charge in [-0.1, -0.05) is 0 Å². The zero-order chi connectivity index (χ0) is 12.1. The average molecular weight is 230 g/mol. The van der Waals surface area contributed by atoms with E-state index < -0.39 is 0 Å². The molecule has 0 spiro atoms. The second kappa shape index (κ2) is 5.16. The summed E-state index contributed by atoms with van der Waals surface area (Å²) in [6, 6.07) is 7.25. The molecule has 0 aliphatic rings. The summed E-state index contributed by atoms with van der Waals surface area (Å²) in [5, 5.41) is 2.71. The second-order valence-electron chi connectivity index (χ2n) is 3.72. The van der Waals surface area contributed by atoms with Gasteiger partial charge in [0, 0.05) is 18.3 Å². The van der Waals surface area contributed by atoms with Gasteiger partial charge in [-0.2, -0.15) is 0 Å². The number of aromatic amines is 1. The molecule has 1 amide bonds. The highest BCUT2D eigenvalue weighted by atomic mass is 16.1. The van der Waals surface area contributed by atoms with Gasteiger partial charge in [0.15, 0.2) is 0 Å². The average Bonchev–Trinajstić information content (AvgIpc) is 2.83. The van der Waals surface area contributed by atoms with E-state index in [9.17, 15) is 4.79 Å². The molecule has 5 nitrogen and oxygen atoms in total. The number of nitrogen functional groups attached to an aromatic ring is 1. The van der Waals surface area contributed by atoms with Crippen LogP contribution in [0.5, 0.6) is 0 Å². The zero-order valence-electron chi connectivity index (χ0n) is 9.31. The number of carbonyl (C=O) groups excluding carboxylic acids is 1. The van der Waals surface area contributed by atoms with E-state index in [1.54, 1.807) is 12.1 Å². The quantitative estimate of drug-likeness (QED) is 0.745. The molecule has 0 fully saturated rings. The fourth-order valence-corrected chi connectivity index (χ4v) is 1.46. The molecule has 2 aromatic rings. The van der Waals surface area contributed by atoms with Gasteiger partial charge in [-0.15, -0.1) is 0 Å². The Kier molecular flexibility index (Phi) is 3.40. The third-order valence-electron chi connectivity index (χ3n) is 2.34. The molecule has 4 N–H and O–H groups in total. The molecule has 0 saturated heterocycles. The van der Waals surface area contributed by atoms with Crippen LogP contribution in [-0.4, -0.2) is 15.9 Å². The number of nitrogens with zero attached hydrogens (tertiary/aromatic N) is 1. The highest BCUT2D eigenvalue weighted by molar-refractivity contribution is 5.89. The second-order valence-corrected chi connectivity index (χ2v) is 3.72. The fraction of sp³-hybridized carbons (Fsp3) is 0.167. The van der Waals surface area contributed by atoms with E-state index in [0.717, 1.165) is 5.69 Å². The molecule has 2 heterocycles. The molecule has 0 aliphatic heterocycles. The van der Waals surface area contributed by atoms with Gasteiger partial charge in [-0.25, -0.2) is 4.98 Å². The Bertz CT molecular complexity index is 476. The van der Waals surface area contributed by atoms with Gasteiger partial charge < -0.3 is 16.0 Å². The van der Waals surface area contributed by atoms with Crippen LogP contribution in [0.1, 0.15) is 12.1 Å². The molecule has 0 atom stereocenters. The van der Waals surface area contributed by atoms with E-state index in [4.69, 9.17) is 5.73 Å². The van der Waals surface area contributed by atoms with Crippen LogP contribution >= 0.6 is 0 Å². The first-order valence-electron chi connectivity index (χ1n) is 5.38. The predicted molar refractivity (Wildman–Crippen MR) is 66.4 cm³/mol. The smallest absolute Gasteiger partial charge is 0.225 e. The summed E-state index contributed by atoms with van der Waals surface area (Å²) in [5.41, 5.74) is 7.13. The summed E-state index contributed by atoms with van der Waals surface area (Å²) in [7, 11) is 0. The van der Waals surface area contributed by atoms with Crippen LogP contribution in [0.4, 0.5) is 11.5 Å². The third kappa shape index (κ3) is 3.34. The van der Waals surface area contributed by atoms with Crippen molar-refractivity contribution >= 4 is 17.4 Å². The number of carbonyl (C=O) groups is 1. The van der Waals surface area contributed by atoms with Crippen molar-refractivity contribution in [3.05, 3.63) is 42.4 Å². The minimum atomic E-state index is -0.0585. The summed E-state index contributed by atoms with van der Waals surface area (Å²) < 4.78 is 0. The Morgan fingerprint density at radius 3 is 2.94 bits per heavy atom. The number of nitrogens with two attached hydrogens (primary N) is 1. The number of nitrogens with one attached hydrogen (secondary N) is 2. The van der Waals surface area contributed by atoms with E-state index in [-0.39, 0.29) is 5.91 Å². The van der Waals surface area contributed by atoms with Gasteiger partial charge in [0.25, 0.3) is 0 Å². The molecule has 2 rings (SSSR count). The molecular formula is C12H14N4O. The van der Waals surface area contributed by atoms with Crippen molar-refractivity contribution < 1.29 is 4.79 Å². The maximum Gasteiger partial charge on any atom is 0.225 e. The van der Waals surface area contributed by atoms with Crippen molar-refractivity contribution in [2.45, 2.75) is 12.8 Å². The van der Waals surface area contributed by atoms with E-state index in [2.05, 4.69) is 15.3 Å². The van der Waals surface area contributed by atoms with Crippen LogP contribution in [-0.2, 0) is 11.2 Å². The van der Waals surface area contributed by atoms with Crippen LogP contribution in [0, 0.1) is 0 Å². The highest BCUT2D eigenvalue weighted by Crippen LogP contribution is 2.07. The summed E-state index contributed by atoms with van der Waals surface area (Å²) in [4.78, 5) is 18.6. The van der Waals surface area contributed by atoms with Crippen LogP contribution in [0.15, 0.2) is 36.7 Å². The summed E-state index contributed by atoms with van der Waals surface area (Å²) >= 11 is 0. The molecule has 0 aromatic carbocycles. The number of pyridine rings is 1. The van der Waals surface area contributed by atoms with Crippen molar-refractivity contribution in [2.75, 3.05) is 11.1 Å². The molecule has 2 aromatic heterocycles. The number of aromatic nitrogens is 2. The maximum absolute atomic E-state index is 11.6. The fourth-order valence-electron chi connectivity index (χ4n) is 1.46. The first-order valence-corrected chi connectivity index (χ1v) is 5.38. The van der Waals surface area contributed by atoms with Crippen molar-refractivity contribution in [3.8, 4) is 0 Å². The lowest BCUT2D eigenvalue weighted by atomic mass is 10.2. The SMILES string of the molecule is Nc1ccc(NC(=O)CCc2ccc[nH]2)nc1. The molecule has 0 saturated carbocycles. The lowest BCUT2D eigenvalue weighted by Gasteiger charge is -2.03. The predicted octanol–water partition coefficient (Wildman–Crippen LogP) is 1.56. The van der Waals surface area contributed by atoms with Gasteiger partial charge in [-0.05, 0) is 30.7 Å². The van der Waals surface area contributed by atoms with E-state index in [1.807, 2.05) is 18.3 Å². The monoisotopic (exact) mass is 230 g/mol. The number of hydrogen-bond donors (Lipinski definition) is 3. The summed E-state index contributed by atoms with van der Waals surface area (Å²) in [5.74, 6) is 0.465. The number of H-pyrrole nitrogens is 1. The summed E-state index contributed by atoms with van der Waals surface area (Å²) in [6.07, 6.45) is 4.47. The van der Waals surface area contributed by atoms with Crippen molar-refractivity contribution in [3.63, 3.8) is 0 Å². The Balaban J connectivity index is 1.83. The zero-order valence-corrected chi connectivity index (χ0v) is 9.31. The molecule has 88 valence electrons. The van der Waals surface area contributed by atoms with Crippen molar-refractivity contribution in [2.24, 2.45) is 0 Å². The molecule has 17 heavy (non-hydrogen) atoms. The third-order valence-corrected chi connectivity index (χ3v) is 2.34. The van der Waals surface area contributed by atoms with Gasteiger partial charge in [0.2, 0.25) is 5.91 Å². The maximum atomic E-state index is 11.6. The Morgan fingerprint density at radius 1 is 1.41 bits per heavy atom. The number of amides is 1. The van der Waals surface area contributed by atoms with Crippen LogP contribution in [0.2, 0.25) is 0 Å². The van der Waals surface area contributed by atoms with Crippen LogP contribution < -0.4 is 11.1 Å². The molecule has 0 bridgehead atoms. The van der Waals surface area contributed by atoms with E-state index in [0.29, 0.717) is 24.3 Å². The van der Waals surface area contributed by atoms with Gasteiger partial charge >= 0.3 is 0 Å². The van der Waals surface area contributed by atoms with Crippen molar-refractivity contribution in [1.29, 1.82) is 0 Å². The van der Waals surface area contributed by atoms with E-state index >= 15 is 0 Å². The largest absolute Gasteiger partial charge is 0.397 e. The normalized spacial score (nSPS) is 10.1. The molecule has 5 heteroatoms. The molecular weight excluding hydrogens is 216 g/mol. The first-order chi connectivity index (χ1) is 8.24. The lowest BCUT2D eigenvalue weighted by molar-refractivity contribution is -0.116. The topological polar surface area (TPSA) is 83.8 Å². The Morgan fingerprint density at radius 2 is 2.29 bits per heavy atom. The number of anilines is 2. The lowest BCUT2D eigenvalue weighted by Crippen LogP contribution is -2.13.